The van der Waals surface area contributed by atoms with E-state index in [1.54, 1.807) is 24.3 Å². The molecular weight excluding hydrogens is 448 g/mol. The summed E-state index contributed by atoms with van der Waals surface area (Å²) in [6.07, 6.45) is 1.07. The van der Waals surface area contributed by atoms with Gasteiger partial charge in [0, 0.05) is 17.9 Å². The molecule has 2 aromatic rings. The molecular formula is C22H30N4O6S. The van der Waals surface area contributed by atoms with Gasteiger partial charge in [0.05, 0.1) is 11.5 Å². The first-order chi connectivity index (χ1) is 15.4. The maximum Gasteiger partial charge on any atom is 0.407 e. The number of unbranched alkanes of at least 4 members (excludes halogenated alkanes) is 1. The third kappa shape index (κ3) is 10.2. The molecule has 2 aromatic carbocycles. The summed E-state index contributed by atoms with van der Waals surface area (Å²) in [5.74, 6) is 0.652. The molecule has 0 heterocycles. The largest absolute Gasteiger partial charge is 0.494 e. The lowest BCUT2D eigenvalue weighted by Gasteiger charge is -2.19. The molecule has 0 aliphatic carbocycles. The molecule has 2 rings (SSSR count). The second-order valence-electron chi connectivity index (χ2n) is 8.16. The summed E-state index contributed by atoms with van der Waals surface area (Å²) in [5, 5.41) is 13.0. The maximum atomic E-state index is 12.1. The van der Waals surface area contributed by atoms with Crippen LogP contribution < -0.4 is 25.8 Å². The molecule has 11 heteroatoms. The van der Waals surface area contributed by atoms with Crippen LogP contribution in [0.3, 0.4) is 0 Å². The summed E-state index contributed by atoms with van der Waals surface area (Å²) in [6.45, 7) is 6.42. The lowest BCUT2D eigenvalue weighted by atomic mass is 10.2. The fourth-order valence-electron chi connectivity index (χ4n) is 2.58. The number of alkyl carbamates (subject to hydrolysis) is 1. The molecule has 0 aliphatic heterocycles. The van der Waals surface area contributed by atoms with E-state index in [-0.39, 0.29) is 4.90 Å². The molecule has 180 valence electrons. The number of anilines is 2. The minimum absolute atomic E-state index is 0.0386. The SMILES string of the molecule is CC(C)(C)OC(=O)NCCCCOc1ccc(NC(=O)Nc2ccc(S(N)(=O)=O)cc2)cc1. The number of ether oxygens (including phenoxy) is 2. The fraction of sp³-hybridized carbons (Fsp3) is 0.364. The molecule has 10 nitrogen and oxygen atoms in total. The number of sulfonamides is 1. The normalized spacial score (nSPS) is 11.4. The molecule has 0 spiro atoms. The van der Waals surface area contributed by atoms with Crippen LogP contribution in [0.15, 0.2) is 53.4 Å². The van der Waals surface area contributed by atoms with E-state index in [4.69, 9.17) is 14.6 Å². The predicted octanol–water partition coefficient (Wildman–Crippen LogP) is 3.66. The van der Waals surface area contributed by atoms with E-state index >= 15 is 0 Å². The van der Waals surface area contributed by atoms with Crippen molar-refractivity contribution in [2.24, 2.45) is 5.14 Å². The molecule has 0 unspecified atom stereocenters. The van der Waals surface area contributed by atoms with E-state index in [0.29, 0.717) is 30.3 Å². The summed E-state index contributed by atoms with van der Waals surface area (Å²) in [6, 6.07) is 11.9. The number of rotatable bonds is 9. The van der Waals surface area contributed by atoms with Crippen LogP contribution in [-0.2, 0) is 14.8 Å². The zero-order chi connectivity index (χ0) is 24.5. The van der Waals surface area contributed by atoms with Crippen LogP contribution in [0.1, 0.15) is 33.6 Å². The van der Waals surface area contributed by atoms with Crippen molar-refractivity contribution in [2.45, 2.75) is 44.1 Å². The Morgan fingerprint density at radius 3 is 1.97 bits per heavy atom. The first-order valence-electron chi connectivity index (χ1n) is 10.3. The van der Waals surface area contributed by atoms with Crippen LogP contribution >= 0.6 is 0 Å². The van der Waals surface area contributed by atoms with Gasteiger partial charge >= 0.3 is 12.1 Å². The molecule has 0 radical (unpaired) electrons. The molecule has 0 saturated carbocycles. The maximum absolute atomic E-state index is 12.1. The van der Waals surface area contributed by atoms with Gasteiger partial charge in [-0.25, -0.2) is 23.1 Å². The van der Waals surface area contributed by atoms with Gasteiger partial charge < -0.3 is 25.4 Å². The second-order valence-corrected chi connectivity index (χ2v) is 9.72. The highest BCUT2D eigenvalue weighted by atomic mass is 32.2. The van der Waals surface area contributed by atoms with E-state index in [9.17, 15) is 18.0 Å². The Hall–Kier alpha value is -3.31. The molecule has 0 saturated heterocycles. The highest BCUT2D eigenvalue weighted by Gasteiger charge is 2.15. The second kappa shape index (κ2) is 11.5. The Morgan fingerprint density at radius 2 is 1.45 bits per heavy atom. The number of primary sulfonamides is 1. The minimum Gasteiger partial charge on any atom is -0.494 e. The van der Waals surface area contributed by atoms with Crippen molar-refractivity contribution in [1.82, 2.24) is 5.32 Å². The average Bonchev–Trinajstić information content (AvgIpc) is 2.70. The minimum atomic E-state index is -3.78. The zero-order valence-electron chi connectivity index (χ0n) is 18.9. The Balaban J connectivity index is 1.68. The molecule has 0 atom stereocenters. The van der Waals surface area contributed by atoms with Crippen LogP contribution in [0.2, 0.25) is 0 Å². The van der Waals surface area contributed by atoms with E-state index in [1.807, 2.05) is 20.8 Å². The number of carbonyl (C=O) groups excluding carboxylic acids is 2. The van der Waals surface area contributed by atoms with Crippen molar-refractivity contribution < 1.29 is 27.5 Å². The number of hydrogen-bond acceptors (Lipinski definition) is 6. The molecule has 5 N–H and O–H groups in total. The third-order valence-electron chi connectivity index (χ3n) is 4.06. The molecule has 33 heavy (non-hydrogen) atoms. The van der Waals surface area contributed by atoms with E-state index in [0.717, 1.165) is 12.8 Å². The number of urea groups is 1. The van der Waals surface area contributed by atoms with Crippen LogP contribution in [0.25, 0.3) is 0 Å². The first-order valence-corrected chi connectivity index (χ1v) is 11.9. The predicted molar refractivity (Wildman–Crippen MR) is 126 cm³/mol. The molecule has 0 fully saturated rings. The van der Waals surface area contributed by atoms with Gasteiger partial charge in [-0.05, 0) is 82.1 Å². The summed E-state index contributed by atoms with van der Waals surface area (Å²) in [5.41, 5.74) is 0.458. The summed E-state index contributed by atoms with van der Waals surface area (Å²) in [4.78, 5) is 23.6. The monoisotopic (exact) mass is 478 g/mol. The van der Waals surface area contributed by atoms with Crippen molar-refractivity contribution in [1.29, 1.82) is 0 Å². The van der Waals surface area contributed by atoms with Gasteiger partial charge in [0.1, 0.15) is 11.4 Å². The number of nitrogens with two attached hydrogens (primary N) is 1. The smallest absolute Gasteiger partial charge is 0.407 e. The standard InChI is InChI=1S/C22H30N4O6S/c1-22(2,3)32-21(28)24-14-4-5-15-31-18-10-6-16(7-11-18)25-20(27)26-17-8-12-19(13-9-17)33(23,29)30/h6-13H,4-5,14-15H2,1-3H3,(H,24,28)(H2,23,29,30)(H2,25,26,27). The number of amides is 3. The van der Waals surface area contributed by atoms with Gasteiger partial charge in [0.25, 0.3) is 0 Å². The quantitative estimate of drug-likeness (QED) is 0.404. The molecule has 0 bridgehead atoms. The molecule has 0 aliphatic rings. The Labute approximate surface area is 193 Å². The van der Waals surface area contributed by atoms with Gasteiger partial charge in [-0.2, -0.15) is 0 Å². The van der Waals surface area contributed by atoms with Gasteiger partial charge in [-0.15, -0.1) is 0 Å². The highest BCUT2D eigenvalue weighted by molar-refractivity contribution is 7.89. The Bertz CT molecular complexity index is 1030. The van der Waals surface area contributed by atoms with E-state index in [1.165, 1.54) is 24.3 Å². The van der Waals surface area contributed by atoms with Gasteiger partial charge in [-0.1, -0.05) is 0 Å². The lowest BCUT2D eigenvalue weighted by Crippen LogP contribution is -2.33. The first kappa shape index (κ1) is 25.9. The van der Waals surface area contributed by atoms with Crippen molar-refractivity contribution in [2.75, 3.05) is 23.8 Å². The van der Waals surface area contributed by atoms with E-state index in [2.05, 4.69) is 16.0 Å². The van der Waals surface area contributed by atoms with Gasteiger partial charge in [-0.3, -0.25) is 0 Å². The van der Waals surface area contributed by atoms with Crippen LogP contribution in [0, 0.1) is 0 Å². The molecule has 0 aromatic heterocycles. The van der Waals surface area contributed by atoms with Crippen molar-refractivity contribution in [3.63, 3.8) is 0 Å². The number of benzene rings is 2. The highest BCUT2D eigenvalue weighted by Crippen LogP contribution is 2.17. The van der Waals surface area contributed by atoms with Gasteiger partial charge in [0.15, 0.2) is 0 Å². The van der Waals surface area contributed by atoms with Crippen molar-refractivity contribution in [3.05, 3.63) is 48.5 Å². The molecule has 3 amide bonds. The summed E-state index contributed by atoms with van der Waals surface area (Å²) < 4.78 is 33.3. The zero-order valence-corrected chi connectivity index (χ0v) is 19.7. The fourth-order valence-corrected chi connectivity index (χ4v) is 3.09. The summed E-state index contributed by atoms with van der Waals surface area (Å²) in [7, 11) is -3.78. The Morgan fingerprint density at radius 1 is 0.909 bits per heavy atom. The topological polar surface area (TPSA) is 149 Å². The van der Waals surface area contributed by atoms with Gasteiger partial charge in [0.2, 0.25) is 10.0 Å². The van der Waals surface area contributed by atoms with E-state index < -0.39 is 27.7 Å². The average molecular weight is 479 g/mol. The van der Waals surface area contributed by atoms with Crippen molar-refractivity contribution in [3.8, 4) is 5.75 Å². The number of hydrogen-bond donors (Lipinski definition) is 4. The number of nitrogens with one attached hydrogen (secondary N) is 3. The van der Waals surface area contributed by atoms with Crippen molar-refractivity contribution >= 4 is 33.5 Å². The van der Waals surface area contributed by atoms with Crippen LogP contribution in [0.4, 0.5) is 21.0 Å². The van der Waals surface area contributed by atoms with Crippen LogP contribution in [-0.4, -0.2) is 39.3 Å². The van der Waals surface area contributed by atoms with Crippen LogP contribution in [0.5, 0.6) is 5.75 Å². The number of carbonyl (C=O) groups is 2. The lowest BCUT2D eigenvalue weighted by molar-refractivity contribution is 0.0526. The Kier molecular flexibility index (Phi) is 9.06. The third-order valence-corrected chi connectivity index (χ3v) is 4.99. The summed E-state index contributed by atoms with van der Waals surface area (Å²) >= 11 is 0.